The molecule has 0 saturated carbocycles. The number of fused-ring (bicyclic) bond motifs is 1. The molecule has 1 aliphatic carbocycles. The Kier molecular flexibility index (Phi) is 5.07. The summed E-state index contributed by atoms with van der Waals surface area (Å²) < 4.78 is 5.12. The summed E-state index contributed by atoms with van der Waals surface area (Å²) in [5, 5.41) is 4.49. The second kappa shape index (κ2) is 7.52. The normalized spacial score (nSPS) is 15.9. The molecule has 28 heavy (non-hydrogen) atoms. The minimum Gasteiger partial charge on any atom is -0.459 e. The fraction of sp³-hybridized carbons (Fsp3) is 0.350. The summed E-state index contributed by atoms with van der Waals surface area (Å²) in [5.74, 6) is -0.105. The minimum absolute atomic E-state index is 0.0232. The molecule has 8 heteroatoms. The van der Waals surface area contributed by atoms with E-state index >= 15 is 0 Å². The Morgan fingerprint density at radius 1 is 1.32 bits per heavy atom. The highest BCUT2D eigenvalue weighted by Gasteiger charge is 2.31. The summed E-state index contributed by atoms with van der Waals surface area (Å²) >= 11 is 2.98. The van der Waals surface area contributed by atoms with Crippen LogP contribution in [-0.4, -0.2) is 28.7 Å². The first kappa shape index (κ1) is 18.9. The van der Waals surface area contributed by atoms with Crippen molar-refractivity contribution >= 4 is 39.5 Å². The first-order valence-corrected chi connectivity index (χ1v) is 10.8. The van der Waals surface area contributed by atoms with E-state index in [1.807, 2.05) is 31.9 Å². The number of furan rings is 1. The largest absolute Gasteiger partial charge is 0.459 e. The summed E-state index contributed by atoms with van der Waals surface area (Å²) in [6, 6.07) is 5.16. The van der Waals surface area contributed by atoms with Gasteiger partial charge in [-0.2, -0.15) is 0 Å². The van der Waals surface area contributed by atoms with Crippen LogP contribution in [-0.2, 0) is 6.42 Å². The smallest absolute Gasteiger partial charge is 0.291 e. The number of rotatable bonds is 4. The van der Waals surface area contributed by atoms with Crippen molar-refractivity contribution in [2.75, 3.05) is 12.4 Å². The number of carbonyl (C=O) groups excluding carboxylic acids is 2. The Morgan fingerprint density at radius 2 is 2.14 bits per heavy atom. The lowest BCUT2D eigenvalue weighted by Crippen LogP contribution is -2.32. The third kappa shape index (κ3) is 3.49. The number of anilines is 1. The molecule has 1 atom stereocenters. The number of hydrogen-bond acceptors (Lipinski definition) is 6. The highest BCUT2D eigenvalue weighted by molar-refractivity contribution is 7.18. The van der Waals surface area contributed by atoms with Crippen molar-refractivity contribution in [1.29, 1.82) is 0 Å². The van der Waals surface area contributed by atoms with Gasteiger partial charge in [-0.25, -0.2) is 4.98 Å². The van der Waals surface area contributed by atoms with E-state index in [0.29, 0.717) is 9.88 Å². The predicted octanol–water partition coefficient (Wildman–Crippen LogP) is 4.82. The van der Waals surface area contributed by atoms with Crippen LogP contribution >= 0.6 is 22.7 Å². The number of thiophene rings is 1. The molecule has 0 aliphatic heterocycles. The number of nitrogens with zero attached hydrogens (tertiary/aromatic N) is 2. The summed E-state index contributed by atoms with van der Waals surface area (Å²) in [4.78, 5) is 33.7. The molecule has 4 rings (SSSR count). The summed E-state index contributed by atoms with van der Waals surface area (Å²) in [7, 11) is 1.86. The lowest BCUT2D eigenvalue weighted by Gasteiger charge is -2.30. The first-order chi connectivity index (χ1) is 13.4. The lowest BCUT2D eigenvalue weighted by molar-refractivity contribution is 0.0722. The van der Waals surface area contributed by atoms with Crippen molar-refractivity contribution in [3.05, 3.63) is 56.2 Å². The van der Waals surface area contributed by atoms with Crippen LogP contribution in [0.2, 0.25) is 0 Å². The maximum Gasteiger partial charge on any atom is 0.291 e. The zero-order valence-electron chi connectivity index (χ0n) is 15.9. The van der Waals surface area contributed by atoms with Crippen LogP contribution in [0.4, 0.5) is 5.00 Å². The van der Waals surface area contributed by atoms with Gasteiger partial charge in [-0.3, -0.25) is 9.59 Å². The van der Waals surface area contributed by atoms with Crippen LogP contribution in [0.5, 0.6) is 0 Å². The van der Waals surface area contributed by atoms with Crippen molar-refractivity contribution in [3.8, 4) is 0 Å². The average Bonchev–Trinajstić information content (AvgIpc) is 3.39. The van der Waals surface area contributed by atoms with E-state index in [9.17, 15) is 9.59 Å². The molecule has 0 unspecified atom stereocenters. The van der Waals surface area contributed by atoms with Crippen molar-refractivity contribution in [2.45, 2.75) is 39.2 Å². The highest BCUT2D eigenvalue weighted by atomic mass is 32.1. The molecule has 2 amide bonds. The first-order valence-electron chi connectivity index (χ1n) is 9.12. The molecule has 146 valence electrons. The molecule has 3 aromatic rings. The molecule has 0 bridgehead atoms. The average molecular weight is 416 g/mol. The molecular weight excluding hydrogens is 394 g/mol. The van der Waals surface area contributed by atoms with E-state index in [-0.39, 0.29) is 23.6 Å². The topological polar surface area (TPSA) is 75.4 Å². The molecule has 0 radical (unpaired) electrons. The van der Waals surface area contributed by atoms with E-state index in [0.717, 1.165) is 35.5 Å². The van der Waals surface area contributed by atoms with Crippen LogP contribution < -0.4 is 5.32 Å². The minimum atomic E-state index is -0.323. The quantitative estimate of drug-likeness (QED) is 0.663. The van der Waals surface area contributed by atoms with Gasteiger partial charge in [0, 0.05) is 7.05 Å². The molecule has 3 aromatic heterocycles. The second-order valence-electron chi connectivity index (χ2n) is 6.92. The van der Waals surface area contributed by atoms with Gasteiger partial charge in [0.2, 0.25) is 0 Å². The molecule has 0 fully saturated rings. The van der Waals surface area contributed by atoms with E-state index in [2.05, 4.69) is 10.3 Å². The fourth-order valence-corrected chi connectivity index (χ4v) is 5.73. The number of hydrogen-bond donors (Lipinski definition) is 1. The van der Waals surface area contributed by atoms with Gasteiger partial charge in [-0.1, -0.05) is 0 Å². The molecule has 1 N–H and O–H groups in total. The zero-order chi connectivity index (χ0) is 19.8. The Labute approximate surface area is 171 Å². The summed E-state index contributed by atoms with van der Waals surface area (Å²) in [5.41, 5.74) is 1.99. The maximum absolute atomic E-state index is 13.2. The SMILES string of the molecule is Cc1nc2c(s1)[C@H](N(C)C(=O)c1sc(NC(=O)c3ccco3)cc1C)CCC2. The molecular formula is C20H21N3O3S2. The monoisotopic (exact) mass is 415 g/mol. The molecule has 0 saturated heterocycles. The van der Waals surface area contributed by atoms with Gasteiger partial charge in [-0.15, -0.1) is 22.7 Å². The van der Waals surface area contributed by atoms with Gasteiger partial charge in [-0.05, 0) is 56.9 Å². The van der Waals surface area contributed by atoms with Gasteiger partial charge in [0.1, 0.15) is 0 Å². The number of aromatic nitrogens is 1. The summed E-state index contributed by atoms with van der Waals surface area (Å²) in [6.07, 6.45) is 4.42. The highest BCUT2D eigenvalue weighted by Crippen LogP contribution is 2.39. The van der Waals surface area contributed by atoms with Crippen LogP contribution in [0.3, 0.4) is 0 Å². The molecule has 3 heterocycles. The number of amides is 2. The number of thiazole rings is 1. The number of aryl methyl sites for hydroxylation is 3. The van der Waals surface area contributed by atoms with Gasteiger partial charge < -0.3 is 14.6 Å². The molecule has 1 aliphatic rings. The fourth-order valence-electron chi connectivity index (χ4n) is 3.53. The van der Waals surface area contributed by atoms with Crippen molar-refractivity contribution in [1.82, 2.24) is 9.88 Å². The molecule has 0 spiro atoms. The van der Waals surface area contributed by atoms with Crippen LogP contribution in [0, 0.1) is 13.8 Å². The Hall–Kier alpha value is -2.45. The van der Waals surface area contributed by atoms with E-state index in [1.54, 1.807) is 23.5 Å². The lowest BCUT2D eigenvalue weighted by atomic mass is 9.97. The van der Waals surface area contributed by atoms with E-state index < -0.39 is 0 Å². The van der Waals surface area contributed by atoms with Gasteiger partial charge in [0.05, 0.1) is 37.8 Å². The van der Waals surface area contributed by atoms with Gasteiger partial charge >= 0.3 is 0 Å². The van der Waals surface area contributed by atoms with E-state index in [4.69, 9.17) is 4.42 Å². The van der Waals surface area contributed by atoms with Crippen molar-refractivity contribution < 1.29 is 14.0 Å². The zero-order valence-corrected chi connectivity index (χ0v) is 17.6. The van der Waals surface area contributed by atoms with E-state index in [1.165, 1.54) is 22.5 Å². The second-order valence-corrected chi connectivity index (χ2v) is 9.21. The maximum atomic E-state index is 13.2. The standard InChI is InChI=1S/C20H21N3O3S2/c1-11-10-16(22-19(24)15-8-5-9-26-15)28-17(11)20(25)23(3)14-7-4-6-13-18(14)27-12(2)21-13/h5,8-10,14H,4,6-7H2,1-3H3,(H,22,24)/t14-/m1/s1. The number of carbonyl (C=O) groups is 2. The van der Waals surface area contributed by atoms with Gasteiger partial charge in [0.25, 0.3) is 11.8 Å². The van der Waals surface area contributed by atoms with Crippen LogP contribution in [0.1, 0.15) is 60.3 Å². The molecule has 6 nitrogen and oxygen atoms in total. The van der Waals surface area contributed by atoms with Crippen molar-refractivity contribution in [3.63, 3.8) is 0 Å². The number of nitrogens with one attached hydrogen (secondary N) is 1. The third-order valence-corrected chi connectivity index (χ3v) is 7.16. The van der Waals surface area contributed by atoms with Crippen molar-refractivity contribution in [2.24, 2.45) is 0 Å². The molecule has 0 aromatic carbocycles. The summed E-state index contributed by atoms with van der Waals surface area (Å²) in [6.45, 7) is 3.91. The van der Waals surface area contributed by atoms with Crippen LogP contribution in [0.25, 0.3) is 0 Å². The Morgan fingerprint density at radius 3 is 2.89 bits per heavy atom. The Bertz CT molecular complexity index is 1020. The third-order valence-electron chi connectivity index (χ3n) is 4.91. The Balaban J connectivity index is 1.54. The van der Waals surface area contributed by atoms with Crippen LogP contribution in [0.15, 0.2) is 28.9 Å². The predicted molar refractivity (Wildman–Crippen MR) is 110 cm³/mol. The van der Waals surface area contributed by atoms with Gasteiger partial charge in [0.15, 0.2) is 5.76 Å².